The van der Waals surface area contributed by atoms with Crippen LogP contribution in [0.1, 0.15) is 47.4 Å². The van der Waals surface area contributed by atoms with E-state index in [2.05, 4.69) is 17.6 Å². The highest BCUT2D eigenvalue weighted by atomic mass is 35.5. The standard InChI is InChI=1S/C21H19ClN2O/c1-3-18-21(20(25)4-2)16-10-9-14(12-23)11-19(16)24(18)13-15-7-5-6-8-17(15)22/h5-11H,3-4,13H2,1-2H3. The highest BCUT2D eigenvalue weighted by molar-refractivity contribution is 6.31. The summed E-state index contributed by atoms with van der Waals surface area (Å²) in [5, 5.41) is 10.9. The van der Waals surface area contributed by atoms with Gasteiger partial charge in [0.15, 0.2) is 5.78 Å². The van der Waals surface area contributed by atoms with Gasteiger partial charge in [-0.2, -0.15) is 5.26 Å². The Morgan fingerprint density at radius 2 is 1.96 bits per heavy atom. The number of hydrogen-bond acceptors (Lipinski definition) is 2. The average molecular weight is 351 g/mol. The van der Waals surface area contributed by atoms with E-state index in [-0.39, 0.29) is 5.78 Å². The maximum absolute atomic E-state index is 12.6. The molecule has 0 amide bonds. The van der Waals surface area contributed by atoms with Gasteiger partial charge in [-0.15, -0.1) is 0 Å². The van der Waals surface area contributed by atoms with Gasteiger partial charge in [0.1, 0.15) is 0 Å². The van der Waals surface area contributed by atoms with Gasteiger partial charge in [-0.25, -0.2) is 0 Å². The van der Waals surface area contributed by atoms with E-state index in [9.17, 15) is 10.1 Å². The van der Waals surface area contributed by atoms with Crippen LogP contribution < -0.4 is 0 Å². The minimum Gasteiger partial charge on any atom is -0.339 e. The van der Waals surface area contributed by atoms with Gasteiger partial charge in [0.05, 0.1) is 17.1 Å². The monoisotopic (exact) mass is 350 g/mol. The van der Waals surface area contributed by atoms with Crippen LogP contribution in [0.15, 0.2) is 42.5 Å². The summed E-state index contributed by atoms with van der Waals surface area (Å²) >= 11 is 6.34. The fraction of sp³-hybridized carbons (Fsp3) is 0.238. The van der Waals surface area contributed by atoms with Crippen molar-refractivity contribution >= 4 is 28.3 Å². The van der Waals surface area contributed by atoms with Crippen molar-refractivity contribution in [3.05, 3.63) is 69.9 Å². The molecule has 0 saturated carbocycles. The fourth-order valence-electron chi connectivity index (χ4n) is 3.30. The van der Waals surface area contributed by atoms with Crippen LogP contribution in [-0.2, 0) is 13.0 Å². The molecule has 0 spiro atoms. The molecule has 0 aliphatic rings. The van der Waals surface area contributed by atoms with Crippen LogP contribution in [0.5, 0.6) is 0 Å². The van der Waals surface area contributed by atoms with Crippen LogP contribution in [0.3, 0.4) is 0 Å². The Bertz CT molecular complexity index is 995. The quantitative estimate of drug-likeness (QED) is 0.581. The maximum atomic E-state index is 12.6. The Morgan fingerprint density at radius 3 is 2.60 bits per heavy atom. The molecule has 0 bridgehead atoms. The summed E-state index contributed by atoms with van der Waals surface area (Å²) in [6.07, 6.45) is 1.19. The normalized spacial score (nSPS) is 10.8. The Labute approximate surface area is 152 Å². The first-order valence-corrected chi connectivity index (χ1v) is 8.80. The molecule has 0 aliphatic carbocycles. The molecule has 0 fully saturated rings. The number of fused-ring (bicyclic) bond motifs is 1. The zero-order valence-electron chi connectivity index (χ0n) is 14.3. The second-order valence-corrected chi connectivity index (χ2v) is 6.38. The van der Waals surface area contributed by atoms with E-state index in [1.54, 1.807) is 6.07 Å². The van der Waals surface area contributed by atoms with Crippen LogP contribution >= 0.6 is 11.6 Å². The number of halogens is 1. The summed E-state index contributed by atoms with van der Waals surface area (Å²) in [4.78, 5) is 12.6. The van der Waals surface area contributed by atoms with Crippen molar-refractivity contribution in [3.8, 4) is 6.07 Å². The number of nitrogens with zero attached hydrogens (tertiary/aromatic N) is 2. The van der Waals surface area contributed by atoms with Crippen molar-refractivity contribution in [1.29, 1.82) is 5.26 Å². The molecule has 25 heavy (non-hydrogen) atoms. The molecule has 0 aliphatic heterocycles. The zero-order valence-corrected chi connectivity index (χ0v) is 15.1. The summed E-state index contributed by atoms with van der Waals surface area (Å²) in [6, 6.07) is 15.4. The van der Waals surface area contributed by atoms with Gasteiger partial charge in [0, 0.05) is 34.6 Å². The molecule has 4 heteroatoms. The smallest absolute Gasteiger partial charge is 0.165 e. The van der Waals surface area contributed by atoms with Crippen LogP contribution in [0.4, 0.5) is 0 Å². The molecule has 126 valence electrons. The topological polar surface area (TPSA) is 45.8 Å². The van der Waals surface area contributed by atoms with E-state index in [0.29, 0.717) is 23.6 Å². The lowest BCUT2D eigenvalue weighted by Gasteiger charge is -2.12. The number of hydrogen-bond donors (Lipinski definition) is 0. The number of carbonyl (C=O) groups excluding carboxylic acids is 1. The van der Waals surface area contributed by atoms with Gasteiger partial charge in [-0.3, -0.25) is 4.79 Å². The van der Waals surface area contributed by atoms with E-state index in [1.165, 1.54) is 0 Å². The Morgan fingerprint density at radius 1 is 1.20 bits per heavy atom. The first kappa shape index (κ1) is 17.3. The molecule has 1 heterocycles. The molecule has 3 nitrogen and oxygen atoms in total. The van der Waals surface area contributed by atoms with Crippen molar-refractivity contribution in [1.82, 2.24) is 4.57 Å². The molecule has 0 radical (unpaired) electrons. The SMILES string of the molecule is CCC(=O)c1c(CC)n(Cc2ccccc2Cl)c2cc(C#N)ccc12. The zero-order chi connectivity index (χ0) is 18.0. The van der Waals surface area contributed by atoms with Gasteiger partial charge >= 0.3 is 0 Å². The molecule has 2 aromatic carbocycles. The van der Waals surface area contributed by atoms with E-state index in [1.807, 2.05) is 43.3 Å². The molecule has 0 saturated heterocycles. The molecule has 3 aromatic rings. The summed E-state index contributed by atoms with van der Waals surface area (Å²) in [5.74, 6) is 0.129. The van der Waals surface area contributed by atoms with Gasteiger partial charge in [-0.1, -0.05) is 49.7 Å². The van der Waals surface area contributed by atoms with Crippen LogP contribution in [0.2, 0.25) is 5.02 Å². The van der Waals surface area contributed by atoms with Gasteiger partial charge < -0.3 is 4.57 Å². The average Bonchev–Trinajstić information content (AvgIpc) is 2.95. The lowest BCUT2D eigenvalue weighted by molar-refractivity contribution is 0.0988. The third-order valence-electron chi connectivity index (χ3n) is 4.52. The van der Waals surface area contributed by atoms with Crippen LogP contribution in [0.25, 0.3) is 10.9 Å². The maximum Gasteiger partial charge on any atom is 0.165 e. The molecular formula is C21H19ClN2O. The first-order valence-electron chi connectivity index (χ1n) is 8.42. The van der Waals surface area contributed by atoms with Crippen molar-refractivity contribution in [3.63, 3.8) is 0 Å². The second kappa shape index (κ2) is 7.13. The Balaban J connectivity index is 2.30. The summed E-state index contributed by atoms with van der Waals surface area (Å²) in [5.41, 5.74) is 4.26. The second-order valence-electron chi connectivity index (χ2n) is 5.97. The van der Waals surface area contributed by atoms with E-state index < -0.39 is 0 Å². The van der Waals surface area contributed by atoms with Crippen molar-refractivity contribution in [2.45, 2.75) is 33.2 Å². The molecular weight excluding hydrogens is 332 g/mol. The number of nitriles is 1. The largest absolute Gasteiger partial charge is 0.339 e. The third kappa shape index (κ3) is 3.06. The molecule has 3 rings (SSSR count). The highest BCUT2D eigenvalue weighted by Gasteiger charge is 2.21. The lowest BCUT2D eigenvalue weighted by atomic mass is 10.0. The number of carbonyl (C=O) groups is 1. The molecule has 1 aromatic heterocycles. The number of rotatable bonds is 5. The predicted molar refractivity (Wildman–Crippen MR) is 101 cm³/mol. The van der Waals surface area contributed by atoms with E-state index in [4.69, 9.17) is 11.6 Å². The summed E-state index contributed by atoms with van der Waals surface area (Å²) in [7, 11) is 0. The molecule has 0 atom stereocenters. The van der Waals surface area contributed by atoms with E-state index in [0.717, 1.165) is 34.1 Å². The lowest BCUT2D eigenvalue weighted by Crippen LogP contribution is -2.07. The van der Waals surface area contributed by atoms with Crippen molar-refractivity contribution in [2.24, 2.45) is 0 Å². The minimum absolute atomic E-state index is 0.129. The van der Waals surface area contributed by atoms with Gasteiger partial charge in [0.25, 0.3) is 0 Å². The number of ketones is 1. The Kier molecular flexibility index (Phi) is 4.92. The summed E-state index contributed by atoms with van der Waals surface area (Å²) in [6.45, 7) is 4.50. The predicted octanol–water partition coefficient (Wildman–Crippen LogP) is 5.37. The van der Waals surface area contributed by atoms with Crippen molar-refractivity contribution < 1.29 is 4.79 Å². The number of aromatic nitrogens is 1. The van der Waals surface area contributed by atoms with Crippen LogP contribution in [0, 0.1) is 11.3 Å². The first-order chi connectivity index (χ1) is 12.1. The highest BCUT2D eigenvalue weighted by Crippen LogP contribution is 2.30. The van der Waals surface area contributed by atoms with Crippen LogP contribution in [-0.4, -0.2) is 10.4 Å². The van der Waals surface area contributed by atoms with Crippen molar-refractivity contribution in [2.75, 3.05) is 0 Å². The number of Topliss-reactive ketones (excluding diaryl/α,β-unsaturated/α-hetero) is 1. The van der Waals surface area contributed by atoms with Gasteiger partial charge in [0.2, 0.25) is 0 Å². The molecule has 0 N–H and O–H groups in total. The fourth-order valence-corrected chi connectivity index (χ4v) is 3.50. The van der Waals surface area contributed by atoms with Gasteiger partial charge in [-0.05, 0) is 30.2 Å². The minimum atomic E-state index is 0.129. The molecule has 0 unspecified atom stereocenters. The summed E-state index contributed by atoms with van der Waals surface area (Å²) < 4.78 is 2.13. The van der Waals surface area contributed by atoms with E-state index >= 15 is 0 Å². The number of benzene rings is 2. The Hall–Kier alpha value is -2.57. The third-order valence-corrected chi connectivity index (χ3v) is 4.89.